The zero-order valence-electron chi connectivity index (χ0n) is 15.4. The van der Waals surface area contributed by atoms with Gasteiger partial charge in [0.1, 0.15) is 11.4 Å². The number of amides is 2. The highest BCUT2D eigenvalue weighted by Crippen LogP contribution is 2.52. The van der Waals surface area contributed by atoms with Crippen molar-refractivity contribution in [1.82, 2.24) is 9.21 Å². The van der Waals surface area contributed by atoms with E-state index in [-0.39, 0.29) is 33.2 Å². The van der Waals surface area contributed by atoms with E-state index in [9.17, 15) is 18.0 Å². The molecule has 140 valence electrons. The molecule has 3 aliphatic rings. The summed E-state index contributed by atoms with van der Waals surface area (Å²) in [7, 11) is -3.94. The van der Waals surface area contributed by atoms with Gasteiger partial charge in [0.25, 0.3) is 15.9 Å². The van der Waals surface area contributed by atoms with E-state index in [0.717, 1.165) is 23.6 Å². The van der Waals surface area contributed by atoms with E-state index in [0.29, 0.717) is 6.54 Å². The number of hydrogen-bond acceptors (Lipinski definition) is 4. The Morgan fingerprint density at radius 3 is 2.58 bits per heavy atom. The number of fused-ring (bicyclic) bond motifs is 3. The van der Waals surface area contributed by atoms with Crippen molar-refractivity contribution in [1.29, 1.82) is 0 Å². The summed E-state index contributed by atoms with van der Waals surface area (Å²) in [6, 6.07) is 6.25. The molecule has 0 N–H and O–H groups in total. The molecule has 2 aliphatic heterocycles. The van der Waals surface area contributed by atoms with E-state index >= 15 is 0 Å². The summed E-state index contributed by atoms with van der Waals surface area (Å²) in [5.74, 6) is -0.885. The van der Waals surface area contributed by atoms with Gasteiger partial charge in [0.2, 0.25) is 5.91 Å². The van der Waals surface area contributed by atoms with Crippen LogP contribution in [0, 0.1) is 10.8 Å². The zero-order chi connectivity index (χ0) is 18.9. The Labute approximate surface area is 154 Å². The van der Waals surface area contributed by atoms with Crippen LogP contribution in [0.5, 0.6) is 0 Å². The predicted octanol–water partition coefficient (Wildman–Crippen LogP) is 2.26. The van der Waals surface area contributed by atoms with Crippen LogP contribution in [0.3, 0.4) is 0 Å². The molecule has 2 bridgehead atoms. The molecule has 0 spiro atoms. The van der Waals surface area contributed by atoms with Gasteiger partial charge >= 0.3 is 0 Å². The minimum absolute atomic E-state index is 0.00828. The van der Waals surface area contributed by atoms with Crippen LogP contribution < -0.4 is 0 Å². The van der Waals surface area contributed by atoms with E-state index in [1.807, 2.05) is 0 Å². The summed E-state index contributed by atoms with van der Waals surface area (Å²) in [4.78, 5) is 27.3. The molecular weight excluding hydrogens is 352 g/mol. The zero-order valence-corrected chi connectivity index (χ0v) is 16.2. The number of sulfonamides is 1. The summed E-state index contributed by atoms with van der Waals surface area (Å²) in [5, 5.41) is 0. The number of nitrogens with zero attached hydrogens (tertiary/aromatic N) is 2. The molecule has 26 heavy (non-hydrogen) atoms. The Morgan fingerprint density at radius 1 is 1.19 bits per heavy atom. The van der Waals surface area contributed by atoms with Gasteiger partial charge in [-0.3, -0.25) is 9.59 Å². The SMILES string of the molecule is CC1(C)C[C@H]2C[C@](C)(CN2C(=O)CN2C(=O)c3ccccc3S2(=O)=O)C1. The van der Waals surface area contributed by atoms with Gasteiger partial charge in [-0.25, -0.2) is 12.7 Å². The van der Waals surface area contributed by atoms with Crippen LogP contribution >= 0.6 is 0 Å². The molecule has 0 aromatic heterocycles. The van der Waals surface area contributed by atoms with E-state index in [4.69, 9.17) is 0 Å². The molecule has 1 aliphatic carbocycles. The molecule has 2 fully saturated rings. The Hall–Kier alpha value is -1.89. The van der Waals surface area contributed by atoms with Crippen LogP contribution in [0.25, 0.3) is 0 Å². The summed E-state index contributed by atoms with van der Waals surface area (Å²) in [5.41, 5.74) is 0.380. The largest absolute Gasteiger partial charge is 0.338 e. The van der Waals surface area contributed by atoms with E-state index in [1.54, 1.807) is 17.0 Å². The highest BCUT2D eigenvalue weighted by Gasteiger charge is 2.52. The van der Waals surface area contributed by atoms with Crippen molar-refractivity contribution >= 4 is 21.8 Å². The smallest absolute Gasteiger partial charge is 0.269 e. The van der Waals surface area contributed by atoms with Gasteiger partial charge in [0.15, 0.2) is 0 Å². The van der Waals surface area contributed by atoms with E-state index in [2.05, 4.69) is 20.8 Å². The number of rotatable bonds is 2. The molecule has 1 saturated heterocycles. The topological polar surface area (TPSA) is 74.8 Å². The van der Waals surface area contributed by atoms with E-state index in [1.165, 1.54) is 12.1 Å². The Kier molecular flexibility index (Phi) is 3.58. The molecule has 2 amide bonds. The predicted molar refractivity (Wildman–Crippen MR) is 95.9 cm³/mol. The number of carbonyl (C=O) groups is 2. The van der Waals surface area contributed by atoms with Crippen LogP contribution in [0.2, 0.25) is 0 Å². The normalized spacial score (nSPS) is 31.2. The first-order valence-corrected chi connectivity index (χ1v) is 10.4. The highest BCUT2D eigenvalue weighted by molar-refractivity contribution is 7.90. The van der Waals surface area contributed by atoms with Crippen LogP contribution in [0.1, 0.15) is 50.4 Å². The third-order valence-corrected chi connectivity index (χ3v) is 7.71. The molecule has 6 nitrogen and oxygen atoms in total. The van der Waals surface area contributed by atoms with Crippen LogP contribution in [-0.4, -0.2) is 48.6 Å². The number of hydrogen-bond donors (Lipinski definition) is 0. The molecule has 7 heteroatoms. The van der Waals surface area contributed by atoms with Crippen molar-refractivity contribution in [3.8, 4) is 0 Å². The van der Waals surface area contributed by atoms with Crippen molar-refractivity contribution in [2.75, 3.05) is 13.1 Å². The minimum Gasteiger partial charge on any atom is -0.338 e. The summed E-state index contributed by atoms with van der Waals surface area (Å²) >= 11 is 0. The van der Waals surface area contributed by atoms with E-state index < -0.39 is 22.5 Å². The fraction of sp³-hybridized carbons (Fsp3) is 0.579. The molecule has 0 radical (unpaired) electrons. The van der Waals surface area contributed by atoms with Gasteiger partial charge in [-0.2, -0.15) is 0 Å². The van der Waals surface area contributed by atoms with Crippen molar-refractivity contribution in [2.24, 2.45) is 10.8 Å². The molecule has 1 aromatic carbocycles. The fourth-order valence-electron chi connectivity index (χ4n) is 5.35. The molecule has 1 saturated carbocycles. The van der Waals surface area contributed by atoms with Crippen LogP contribution in [-0.2, 0) is 14.8 Å². The molecule has 1 aromatic rings. The van der Waals surface area contributed by atoms with Gasteiger partial charge in [-0.1, -0.05) is 32.9 Å². The quantitative estimate of drug-likeness (QED) is 0.793. The molecule has 0 unspecified atom stereocenters. The lowest BCUT2D eigenvalue weighted by Gasteiger charge is -2.39. The number of carbonyl (C=O) groups excluding carboxylic acids is 2. The van der Waals surface area contributed by atoms with Gasteiger partial charge < -0.3 is 4.90 Å². The maximum Gasteiger partial charge on any atom is 0.269 e. The first kappa shape index (κ1) is 17.5. The molecule has 2 heterocycles. The van der Waals surface area contributed by atoms with Crippen molar-refractivity contribution < 1.29 is 18.0 Å². The lowest BCUT2D eigenvalue weighted by Crippen LogP contribution is -2.45. The number of likely N-dealkylation sites (tertiary alicyclic amines) is 1. The standard InChI is InChI=1S/C19H24N2O4S/c1-18(2)8-13-9-19(3,11-18)12-20(13)16(22)10-21-17(23)14-6-4-5-7-15(14)26(21,24)25/h4-7,13H,8-12H2,1-3H3/t13-,19-/m0/s1. The van der Waals surface area contributed by atoms with Gasteiger partial charge in [-0.05, 0) is 42.2 Å². The Balaban J connectivity index is 1.58. The Morgan fingerprint density at radius 2 is 1.88 bits per heavy atom. The first-order chi connectivity index (χ1) is 12.0. The van der Waals surface area contributed by atoms with Gasteiger partial charge in [-0.15, -0.1) is 0 Å². The molecule has 2 atom stereocenters. The summed E-state index contributed by atoms with van der Waals surface area (Å²) < 4.78 is 26.1. The van der Waals surface area contributed by atoms with Gasteiger partial charge in [0.05, 0.1) is 5.56 Å². The minimum atomic E-state index is -3.94. The molecular formula is C19H24N2O4S. The third-order valence-electron chi connectivity index (χ3n) is 5.93. The monoisotopic (exact) mass is 376 g/mol. The molecule has 4 rings (SSSR count). The lowest BCUT2D eigenvalue weighted by atomic mass is 9.65. The first-order valence-electron chi connectivity index (χ1n) is 8.98. The maximum absolute atomic E-state index is 12.9. The third kappa shape index (κ3) is 2.55. The second kappa shape index (κ2) is 5.31. The average Bonchev–Trinajstić information content (AvgIpc) is 2.89. The average molecular weight is 376 g/mol. The van der Waals surface area contributed by atoms with Crippen molar-refractivity contribution in [3.63, 3.8) is 0 Å². The van der Waals surface area contributed by atoms with Gasteiger partial charge in [0, 0.05) is 12.6 Å². The van der Waals surface area contributed by atoms with Crippen molar-refractivity contribution in [2.45, 2.75) is 51.0 Å². The highest BCUT2D eigenvalue weighted by atomic mass is 32.2. The van der Waals surface area contributed by atoms with Crippen LogP contribution in [0.15, 0.2) is 29.2 Å². The van der Waals surface area contributed by atoms with Crippen molar-refractivity contribution in [3.05, 3.63) is 29.8 Å². The Bertz CT molecular complexity index is 908. The summed E-state index contributed by atoms with van der Waals surface area (Å²) in [6.45, 7) is 6.85. The second-order valence-electron chi connectivity index (χ2n) is 9.05. The fourth-order valence-corrected chi connectivity index (χ4v) is 6.87. The second-order valence-corrected chi connectivity index (χ2v) is 10.9. The van der Waals surface area contributed by atoms with Crippen LogP contribution in [0.4, 0.5) is 0 Å². The lowest BCUT2D eigenvalue weighted by molar-refractivity contribution is -0.132. The summed E-state index contributed by atoms with van der Waals surface area (Å²) in [6.07, 6.45) is 2.91. The number of benzene rings is 1. The maximum atomic E-state index is 12.9.